The predicted molar refractivity (Wildman–Crippen MR) is 115 cm³/mol. The van der Waals surface area contributed by atoms with Crippen LogP contribution in [0.25, 0.3) is 11.1 Å². The maximum atomic E-state index is 5.73. The zero-order valence-electron chi connectivity index (χ0n) is 17.0. The molecular formula is C21H27N7O. The van der Waals surface area contributed by atoms with Gasteiger partial charge in [0.15, 0.2) is 5.82 Å². The van der Waals surface area contributed by atoms with Gasteiger partial charge in [0.05, 0.1) is 5.57 Å². The molecule has 1 atom stereocenters. The summed E-state index contributed by atoms with van der Waals surface area (Å²) in [6.07, 6.45) is 5.05. The Bertz CT molecular complexity index is 954. The first-order valence-electron chi connectivity index (χ1n) is 9.40. The highest BCUT2D eigenvalue weighted by atomic mass is 16.5. The Hall–Kier alpha value is -3.39. The molecule has 152 valence electrons. The third kappa shape index (κ3) is 4.72. The fourth-order valence-corrected chi connectivity index (χ4v) is 3.24. The molecule has 0 saturated heterocycles. The number of aromatic nitrogens is 2. The van der Waals surface area contributed by atoms with Gasteiger partial charge in [0, 0.05) is 43.7 Å². The van der Waals surface area contributed by atoms with E-state index in [4.69, 9.17) is 16.0 Å². The molecular weight excluding hydrogens is 366 g/mol. The van der Waals surface area contributed by atoms with Crippen LogP contribution in [-0.2, 0) is 0 Å². The highest BCUT2D eigenvalue weighted by Gasteiger charge is 2.25. The van der Waals surface area contributed by atoms with Gasteiger partial charge in [-0.1, -0.05) is 49.8 Å². The number of allylic oxidation sites excluding steroid dienone is 1. The van der Waals surface area contributed by atoms with Crippen molar-refractivity contribution in [1.29, 1.82) is 0 Å². The van der Waals surface area contributed by atoms with Gasteiger partial charge in [-0.05, 0) is 17.0 Å². The van der Waals surface area contributed by atoms with Crippen molar-refractivity contribution >= 4 is 17.4 Å². The van der Waals surface area contributed by atoms with E-state index in [0.717, 1.165) is 22.3 Å². The molecule has 1 aliphatic rings. The lowest BCUT2D eigenvalue weighted by Gasteiger charge is -2.18. The zero-order chi connectivity index (χ0) is 21.0. The summed E-state index contributed by atoms with van der Waals surface area (Å²) in [5.74, 6) is 1.75. The first kappa shape index (κ1) is 20.3. The SMILES string of the molecule is C=C(N)N=C/C(=C\N)c1ccc(C(c2noc(C3=CN(C)NC3)n2)C(C)C)cc1. The Labute approximate surface area is 170 Å². The van der Waals surface area contributed by atoms with E-state index in [2.05, 4.69) is 53.1 Å². The maximum absolute atomic E-state index is 5.73. The van der Waals surface area contributed by atoms with Gasteiger partial charge in [-0.3, -0.25) is 0 Å². The molecule has 0 fully saturated rings. The van der Waals surface area contributed by atoms with E-state index < -0.39 is 0 Å². The van der Waals surface area contributed by atoms with Crippen LogP contribution in [0.3, 0.4) is 0 Å². The summed E-state index contributed by atoms with van der Waals surface area (Å²) in [7, 11) is 1.93. The highest BCUT2D eigenvalue weighted by Crippen LogP contribution is 2.31. The van der Waals surface area contributed by atoms with Gasteiger partial charge in [0.2, 0.25) is 0 Å². The molecule has 0 amide bonds. The maximum Gasteiger partial charge on any atom is 0.256 e. The van der Waals surface area contributed by atoms with Crippen molar-refractivity contribution in [3.63, 3.8) is 0 Å². The van der Waals surface area contributed by atoms with Crippen LogP contribution in [0.4, 0.5) is 0 Å². The molecule has 2 aromatic rings. The lowest BCUT2D eigenvalue weighted by molar-refractivity contribution is 0.373. The largest absolute Gasteiger partial charge is 0.404 e. The standard InChI is InChI=1S/C21H27N7O/c1-13(2)19(20-26-21(29-27-20)18-11-25-28(4)12-18)16-7-5-15(6-8-16)17(9-22)10-24-14(3)23/h5-10,12-13,19,25H,3,11,22-23H2,1-2,4H3/b17-9+,24-10?. The van der Waals surface area contributed by atoms with Gasteiger partial charge >= 0.3 is 0 Å². The number of hydrogen-bond donors (Lipinski definition) is 3. The molecule has 8 nitrogen and oxygen atoms in total. The second kappa shape index (κ2) is 8.74. The quantitative estimate of drug-likeness (QED) is 0.618. The summed E-state index contributed by atoms with van der Waals surface area (Å²) in [6.45, 7) is 8.51. The van der Waals surface area contributed by atoms with E-state index in [1.54, 1.807) is 6.21 Å². The molecule has 8 heteroatoms. The Morgan fingerprint density at radius 2 is 2.07 bits per heavy atom. The van der Waals surface area contributed by atoms with Gasteiger partial charge in [-0.25, -0.2) is 10.4 Å². The Morgan fingerprint density at radius 3 is 2.62 bits per heavy atom. The number of nitrogens with two attached hydrogens (primary N) is 2. The number of benzene rings is 1. The van der Waals surface area contributed by atoms with Crippen LogP contribution in [0.2, 0.25) is 0 Å². The normalized spacial score (nSPS) is 15.9. The average molecular weight is 393 g/mol. The molecule has 1 unspecified atom stereocenters. The fourth-order valence-electron chi connectivity index (χ4n) is 3.24. The number of aliphatic imine (C=N–C) groups is 1. The third-order valence-corrected chi connectivity index (χ3v) is 4.68. The molecule has 29 heavy (non-hydrogen) atoms. The van der Waals surface area contributed by atoms with Gasteiger partial charge < -0.3 is 21.0 Å². The van der Waals surface area contributed by atoms with E-state index in [0.29, 0.717) is 18.3 Å². The highest BCUT2D eigenvalue weighted by molar-refractivity contribution is 6.09. The Balaban J connectivity index is 1.86. The van der Waals surface area contributed by atoms with Crippen molar-refractivity contribution in [2.24, 2.45) is 22.4 Å². The molecule has 0 spiro atoms. The molecule has 0 aliphatic carbocycles. The topological polar surface area (TPSA) is 119 Å². The van der Waals surface area contributed by atoms with Gasteiger partial charge in [0.25, 0.3) is 5.89 Å². The van der Waals surface area contributed by atoms with Crippen molar-refractivity contribution in [2.45, 2.75) is 19.8 Å². The lowest BCUT2D eigenvalue weighted by atomic mass is 9.87. The van der Waals surface area contributed by atoms with Gasteiger partial charge in [-0.15, -0.1) is 0 Å². The molecule has 0 bridgehead atoms. The minimum Gasteiger partial charge on any atom is -0.404 e. The molecule has 5 N–H and O–H groups in total. The molecule has 0 radical (unpaired) electrons. The second-order valence-corrected chi connectivity index (χ2v) is 7.27. The third-order valence-electron chi connectivity index (χ3n) is 4.68. The number of nitrogens with one attached hydrogen (secondary N) is 1. The van der Waals surface area contributed by atoms with E-state index in [1.807, 2.05) is 30.4 Å². The first-order valence-corrected chi connectivity index (χ1v) is 9.40. The summed E-state index contributed by atoms with van der Waals surface area (Å²) >= 11 is 0. The van der Waals surface area contributed by atoms with Crippen LogP contribution in [0, 0.1) is 5.92 Å². The van der Waals surface area contributed by atoms with Crippen LogP contribution >= 0.6 is 0 Å². The van der Waals surface area contributed by atoms with Crippen LogP contribution < -0.4 is 16.9 Å². The van der Waals surface area contributed by atoms with Crippen molar-refractivity contribution in [3.05, 3.63) is 71.9 Å². The van der Waals surface area contributed by atoms with Crippen LogP contribution in [-0.4, -0.2) is 35.0 Å². The van der Waals surface area contributed by atoms with Crippen LogP contribution in [0.1, 0.15) is 42.6 Å². The Morgan fingerprint density at radius 1 is 1.34 bits per heavy atom. The summed E-state index contributed by atoms with van der Waals surface area (Å²) < 4.78 is 5.52. The van der Waals surface area contributed by atoms with E-state index >= 15 is 0 Å². The summed E-state index contributed by atoms with van der Waals surface area (Å²) in [4.78, 5) is 8.67. The Kier molecular flexibility index (Phi) is 6.13. The van der Waals surface area contributed by atoms with Gasteiger partial charge in [-0.2, -0.15) is 4.98 Å². The molecule has 3 rings (SSSR count). The zero-order valence-corrected chi connectivity index (χ0v) is 17.0. The number of rotatable bonds is 7. The van der Waals surface area contributed by atoms with Gasteiger partial charge in [0.1, 0.15) is 5.82 Å². The monoisotopic (exact) mass is 393 g/mol. The summed E-state index contributed by atoms with van der Waals surface area (Å²) in [5.41, 5.74) is 18.2. The predicted octanol–water partition coefficient (Wildman–Crippen LogP) is 2.45. The van der Waals surface area contributed by atoms with E-state index in [9.17, 15) is 0 Å². The molecule has 1 aromatic heterocycles. The second-order valence-electron chi connectivity index (χ2n) is 7.27. The van der Waals surface area contributed by atoms with Crippen LogP contribution in [0.15, 0.2) is 58.6 Å². The van der Waals surface area contributed by atoms with Crippen molar-refractivity contribution in [2.75, 3.05) is 13.6 Å². The summed E-state index contributed by atoms with van der Waals surface area (Å²) in [5, 5.41) is 6.14. The molecule has 2 heterocycles. The minimum atomic E-state index is 0.0111. The lowest BCUT2D eigenvalue weighted by Crippen LogP contribution is -2.23. The van der Waals surface area contributed by atoms with Crippen molar-refractivity contribution in [3.8, 4) is 0 Å². The van der Waals surface area contributed by atoms with Crippen molar-refractivity contribution in [1.82, 2.24) is 20.6 Å². The molecule has 1 aromatic carbocycles. The smallest absolute Gasteiger partial charge is 0.256 e. The summed E-state index contributed by atoms with van der Waals surface area (Å²) in [6, 6.07) is 8.09. The average Bonchev–Trinajstić information content (AvgIpc) is 3.32. The first-order chi connectivity index (χ1) is 13.9. The molecule has 1 aliphatic heterocycles. The number of nitrogens with zero attached hydrogens (tertiary/aromatic N) is 4. The van der Waals surface area contributed by atoms with E-state index in [1.165, 1.54) is 6.20 Å². The minimum absolute atomic E-state index is 0.0111. The fraction of sp³-hybridized carbons (Fsp3) is 0.286. The molecule has 0 saturated carbocycles. The van der Waals surface area contributed by atoms with Crippen molar-refractivity contribution < 1.29 is 4.52 Å². The van der Waals surface area contributed by atoms with Crippen LogP contribution in [0.5, 0.6) is 0 Å². The number of hydrogen-bond acceptors (Lipinski definition) is 8. The number of hydrazine groups is 1. The van der Waals surface area contributed by atoms with E-state index in [-0.39, 0.29) is 17.7 Å².